The topological polar surface area (TPSA) is 58.6 Å². The summed E-state index contributed by atoms with van der Waals surface area (Å²) >= 11 is 6.60. The lowest BCUT2D eigenvalue weighted by atomic mass is 10.1. The lowest BCUT2D eigenvalue weighted by Crippen LogP contribution is -2.44. The van der Waals surface area contributed by atoms with Gasteiger partial charge in [-0.3, -0.25) is 14.5 Å². The summed E-state index contributed by atoms with van der Waals surface area (Å²) in [5.41, 5.74) is 2.66. The molecular formula is C22H22N2O3S2. The molecule has 0 spiro atoms. The minimum Gasteiger partial charge on any atom is -0.494 e. The van der Waals surface area contributed by atoms with Crippen LogP contribution in [0.25, 0.3) is 6.08 Å². The van der Waals surface area contributed by atoms with Crippen LogP contribution in [-0.2, 0) is 9.59 Å². The summed E-state index contributed by atoms with van der Waals surface area (Å²) < 4.78 is 5.78. The number of thiocarbonyl (C=S) groups is 1. The number of thioether (sulfide) groups is 1. The molecule has 150 valence electrons. The first kappa shape index (κ1) is 21.1. The van der Waals surface area contributed by atoms with Crippen LogP contribution in [0.3, 0.4) is 0 Å². The smallest absolute Gasteiger partial charge is 0.266 e. The van der Waals surface area contributed by atoms with Crippen molar-refractivity contribution in [2.24, 2.45) is 0 Å². The first-order valence-corrected chi connectivity index (χ1v) is 10.5. The highest BCUT2D eigenvalue weighted by atomic mass is 32.2. The predicted octanol–water partition coefficient (Wildman–Crippen LogP) is 4.62. The van der Waals surface area contributed by atoms with Crippen molar-refractivity contribution in [3.05, 3.63) is 64.6 Å². The number of carbonyl (C=O) groups excluding carboxylic acids is 2. The minimum atomic E-state index is -0.725. The SMILES string of the molecule is CCOc1ccc(NC(=O)C(C)N2C(=O)/C(=C/c3ccccc3C)SC2=S)cc1. The van der Waals surface area contributed by atoms with Crippen molar-refractivity contribution >= 4 is 51.9 Å². The van der Waals surface area contributed by atoms with Gasteiger partial charge >= 0.3 is 0 Å². The maximum Gasteiger partial charge on any atom is 0.266 e. The number of nitrogens with one attached hydrogen (secondary N) is 1. The summed E-state index contributed by atoms with van der Waals surface area (Å²) in [6.07, 6.45) is 1.83. The number of anilines is 1. The van der Waals surface area contributed by atoms with Gasteiger partial charge in [0.05, 0.1) is 11.5 Å². The zero-order valence-electron chi connectivity index (χ0n) is 16.5. The number of hydrogen-bond donors (Lipinski definition) is 1. The van der Waals surface area contributed by atoms with Crippen LogP contribution in [0.15, 0.2) is 53.4 Å². The molecule has 1 unspecified atom stereocenters. The van der Waals surface area contributed by atoms with Gasteiger partial charge in [-0.15, -0.1) is 0 Å². The molecule has 0 bridgehead atoms. The number of carbonyl (C=O) groups is 2. The summed E-state index contributed by atoms with van der Waals surface area (Å²) in [4.78, 5) is 27.5. The van der Waals surface area contributed by atoms with Crippen LogP contribution >= 0.6 is 24.0 Å². The van der Waals surface area contributed by atoms with Gasteiger partial charge in [0, 0.05) is 5.69 Å². The summed E-state index contributed by atoms with van der Waals surface area (Å²) in [5, 5.41) is 2.83. The molecule has 0 aliphatic carbocycles. The van der Waals surface area contributed by atoms with Crippen LogP contribution in [-0.4, -0.2) is 33.7 Å². The Labute approximate surface area is 180 Å². The van der Waals surface area contributed by atoms with E-state index in [1.165, 1.54) is 16.7 Å². The molecule has 7 heteroatoms. The molecule has 29 heavy (non-hydrogen) atoms. The van der Waals surface area contributed by atoms with Gasteiger partial charge in [0.1, 0.15) is 16.1 Å². The van der Waals surface area contributed by atoms with E-state index < -0.39 is 6.04 Å². The van der Waals surface area contributed by atoms with Crippen LogP contribution < -0.4 is 10.1 Å². The lowest BCUT2D eigenvalue weighted by molar-refractivity contribution is -0.129. The molecule has 1 N–H and O–H groups in total. The van der Waals surface area contributed by atoms with Crippen molar-refractivity contribution in [1.29, 1.82) is 0 Å². The summed E-state index contributed by atoms with van der Waals surface area (Å²) in [5.74, 6) is 0.178. The van der Waals surface area contributed by atoms with Crippen LogP contribution in [0.1, 0.15) is 25.0 Å². The van der Waals surface area contributed by atoms with Crippen LogP contribution in [0, 0.1) is 6.92 Å². The van der Waals surface area contributed by atoms with Crippen molar-refractivity contribution in [1.82, 2.24) is 4.90 Å². The first-order chi connectivity index (χ1) is 13.9. The van der Waals surface area contributed by atoms with Gasteiger partial charge in [-0.05, 0) is 62.2 Å². The third-order valence-corrected chi connectivity index (χ3v) is 5.83. The molecule has 2 aromatic rings. The number of nitrogens with zero attached hydrogens (tertiary/aromatic N) is 1. The quantitative estimate of drug-likeness (QED) is 0.539. The van der Waals surface area contributed by atoms with Crippen molar-refractivity contribution in [2.75, 3.05) is 11.9 Å². The zero-order valence-corrected chi connectivity index (χ0v) is 18.1. The zero-order chi connectivity index (χ0) is 21.0. The molecule has 0 radical (unpaired) electrons. The van der Waals surface area contributed by atoms with Crippen molar-refractivity contribution in [2.45, 2.75) is 26.8 Å². The Morgan fingerprint density at radius 1 is 1.24 bits per heavy atom. The first-order valence-electron chi connectivity index (χ1n) is 9.27. The van der Waals surface area contributed by atoms with Crippen LogP contribution in [0.2, 0.25) is 0 Å². The van der Waals surface area contributed by atoms with Crippen molar-refractivity contribution in [3.63, 3.8) is 0 Å². The van der Waals surface area contributed by atoms with E-state index >= 15 is 0 Å². The number of ether oxygens (including phenoxy) is 1. The number of aryl methyl sites for hydroxylation is 1. The Morgan fingerprint density at radius 3 is 2.59 bits per heavy atom. The molecule has 2 amide bonds. The Kier molecular flexibility index (Phi) is 6.71. The van der Waals surface area contributed by atoms with E-state index in [1.54, 1.807) is 31.2 Å². The molecule has 1 aliphatic rings. The van der Waals surface area contributed by atoms with Gasteiger partial charge in [0.2, 0.25) is 5.91 Å². The second kappa shape index (κ2) is 9.24. The summed E-state index contributed by atoms with van der Waals surface area (Å²) in [7, 11) is 0. The molecule has 2 aromatic carbocycles. The fourth-order valence-corrected chi connectivity index (χ4v) is 4.28. The van der Waals surface area contributed by atoms with Gasteiger partial charge < -0.3 is 10.1 Å². The molecule has 1 saturated heterocycles. The monoisotopic (exact) mass is 426 g/mol. The van der Waals surface area contributed by atoms with E-state index in [0.717, 1.165) is 16.9 Å². The molecule has 1 fully saturated rings. The average molecular weight is 427 g/mol. The highest BCUT2D eigenvalue weighted by Crippen LogP contribution is 2.34. The number of benzene rings is 2. The number of hydrogen-bond acceptors (Lipinski definition) is 5. The average Bonchev–Trinajstić information content (AvgIpc) is 2.98. The molecule has 0 saturated carbocycles. The van der Waals surface area contributed by atoms with Crippen molar-refractivity contribution in [3.8, 4) is 5.75 Å². The van der Waals surface area contributed by atoms with E-state index in [-0.39, 0.29) is 11.8 Å². The third-order valence-electron chi connectivity index (χ3n) is 4.50. The Bertz CT molecular complexity index is 970. The standard InChI is InChI=1S/C22H22N2O3S2/c1-4-27-18-11-9-17(10-12-18)23-20(25)15(3)24-21(26)19(29-22(24)28)13-16-8-6-5-7-14(16)2/h5-13,15H,4H2,1-3H3,(H,23,25)/b19-13-. The van der Waals surface area contributed by atoms with E-state index in [2.05, 4.69) is 5.32 Å². The molecule has 0 aromatic heterocycles. The fourth-order valence-electron chi connectivity index (χ4n) is 2.87. The molecule has 1 aliphatic heterocycles. The predicted molar refractivity (Wildman–Crippen MR) is 122 cm³/mol. The third kappa shape index (κ3) is 4.86. The van der Waals surface area contributed by atoms with Gasteiger partial charge in [-0.2, -0.15) is 0 Å². The highest BCUT2D eigenvalue weighted by molar-refractivity contribution is 8.26. The molecule has 3 rings (SSSR count). The maximum absolute atomic E-state index is 12.9. The van der Waals surface area contributed by atoms with Gasteiger partial charge in [-0.1, -0.05) is 48.2 Å². The highest BCUT2D eigenvalue weighted by Gasteiger charge is 2.38. The molecule has 1 atom stereocenters. The van der Waals surface area contributed by atoms with Crippen LogP contribution in [0.5, 0.6) is 5.75 Å². The maximum atomic E-state index is 12.9. The Hall–Kier alpha value is -2.64. The van der Waals surface area contributed by atoms with Crippen molar-refractivity contribution < 1.29 is 14.3 Å². The van der Waals surface area contributed by atoms with Gasteiger partial charge in [-0.25, -0.2) is 0 Å². The Balaban J connectivity index is 1.72. The molecule has 5 nitrogen and oxygen atoms in total. The van der Waals surface area contributed by atoms with E-state index in [1.807, 2.05) is 44.2 Å². The normalized spacial score (nSPS) is 16.2. The van der Waals surface area contributed by atoms with E-state index in [0.29, 0.717) is 21.5 Å². The second-order valence-electron chi connectivity index (χ2n) is 6.53. The summed E-state index contributed by atoms with van der Waals surface area (Å²) in [6.45, 7) is 6.14. The summed E-state index contributed by atoms with van der Waals surface area (Å²) in [6, 6.07) is 14.2. The molecular weight excluding hydrogens is 404 g/mol. The van der Waals surface area contributed by atoms with Gasteiger partial charge in [0.25, 0.3) is 5.91 Å². The largest absolute Gasteiger partial charge is 0.494 e. The minimum absolute atomic E-state index is 0.252. The van der Waals surface area contributed by atoms with E-state index in [4.69, 9.17) is 17.0 Å². The van der Waals surface area contributed by atoms with Crippen LogP contribution in [0.4, 0.5) is 5.69 Å². The van der Waals surface area contributed by atoms with E-state index in [9.17, 15) is 9.59 Å². The lowest BCUT2D eigenvalue weighted by Gasteiger charge is -2.22. The number of amides is 2. The fraction of sp³-hybridized carbons (Fsp3) is 0.227. The molecule has 1 heterocycles. The second-order valence-corrected chi connectivity index (χ2v) is 8.21. The van der Waals surface area contributed by atoms with Gasteiger partial charge in [0.15, 0.2) is 0 Å². The number of rotatable bonds is 6. The Morgan fingerprint density at radius 2 is 1.93 bits per heavy atom.